The summed E-state index contributed by atoms with van der Waals surface area (Å²) in [4.78, 5) is 28.6. The molecule has 2 amide bonds. The van der Waals surface area contributed by atoms with E-state index in [2.05, 4.69) is 17.8 Å². The predicted octanol–water partition coefficient (Wildman–Crippen LogP) is 1.54. The van der Waals surface area contributed by atoms with Gasteiger partial charge in [-0.3, -0.25) is 20.4 Å². The van der Waals surface area contributed by atoms with Crippen molar-refractivity contribution in [3.8, 4) is 5.75 Å². The van der Waals surface area contributed by atoms with Gasteiger partial charge in [0, 0.05) is 38.6 Å². The van der Waals surface area contributed by atoms with Crippen LogP contribution >= 0.6 is 0 Å². The zero-order valence-corrected chi connectivity index (χ0v) is 16.5. The maximum absolute atomic E-state index is 12.7. The number of hydrogen-bond donors (Lipinski definition) is 2. The molecule has 7 nitrogen and oxygen atoms in total. The van der Waals surface area contributed by atoms with Crippen LogP contribution in [-0.2, 0) is 9.59 Å². The molecule has 3 aliphatic rings. The average Bonchev–Trinajstić information content (AvgIpc) is 3.22. The van der Waals surface area contributed by atoms with Gasteiger partial charge in [0.15, 0.2) is 6.61 Å². The van der Waals surface area contributed by atoms with E-state index >= 15 is 0 Å². The zero-order chi connectivity index (χ0) is 19.5. The molecular formula is C21H30N4O3. The lowest BCUT2D eigenvalue weighted by Crippen LogP contribution is -2.47. The van der Waals surface area contributed by atoms with Gasteiger partial charge in [0.05, 0.1) is 5.69 Å². The van der Waals surface area contributed by atoms with Crippen LogP contribution in [0.1, 0.15) is 32.6 Å². The predicted molar refractivity (Wildman–Crippen MR) is 107 cm³/mol. The third kappa shape index (κ3) is 3.86. The van der Waals surface area contributed by atoms with Crippen molar-refractivity contribution in [2.45, 2.75) is 38.6 Å². The SMILES string of the molecule is CCC1CNNC1C1CCN(C(=O)CCN2C(=O)COc3ccccc32)CC1. The maximum Gasteiger partial charge on any atom is 0.265 e. The fourth-order valence-corrected chi connectivity index (χ4v) is 4.73. The number of rotatable bonds is 5. The first-order valence-electron chi connectivity index (χ1n) is 10.5. The summed E-state index contributed by atoms with van der Waals surface area (Å²) < 4.78 is 5.47. The van der Waals surface area contributed by atoms with Crippen molar-refractivity contribution in [3.63, 3.8) is 0 Å². The molecule has 28 heavy (non-hydrogen) atoms. The summed E-state index contributed by atoms with van der Waals surface area (Å²) in [6.45, 7) is 5.35. The van der Waals surface area contributed by atoms with E-state index in [1.54, 1.807) is 4.90 Å². The van der Waals surface area contributed by atoms with Crippen molar-refractivity contribution in [1.29, 1.82) is 0 Å². The van der Waals surface area contributed by atoms with E-state index in [9.17, 15) is 9.59 Å². The smallest absolute Gasteiger partial charge is 0.265 e. The summed E-state index contributed by atoms with van der Waals surface area (Å²) in [5.41, 5.74) is 7.50. The van der Waals surface area contributed by atoms with Crippen LogP contribution in [0.5, 0.6) is 5.75 Å². The summed E-state index contributed by atoms with van der Waals surface area (Å²) in [5.74, 6) is 2.06. The van der Waals surface area contributed by atoms with E-state index in [0.717, 1.165) is 38.2 Å². The number of hydrazine groups is 1. The van der Waals surface area contributed by atoms with Crippen LogP contribution in [0.15, 0.2) is 24.3 Å². The Bertz CT molecular complexity index is 717. The first kappa shape index (κ1) is 19.2. The first-order chi connectivity index (χ1) is 13.7. The molecule has 2 saturated heterocycles. The molecule has 0 aromatic heterocycles. The topological polar surface area (TPSA) is 73.9 Å². The number of piperidine rings is 1. The maximum atomic E-state index is 12.7. The Morgan fingerprint density at radius 3 is 2.82 bits per heavy atom. The van der Waals surface area contributed by atoms with Crippen LogP contribution in [0, 0.1) is 11.8 Å². The molecule has 7 heteroatoms. The van der Waals surface area contributed by atoms with Gasteiger partial charge in [0.2, 0.25) is 5.91 Å². The third-order valence-corrected chi connectivity index (χ3v) is 6.42. The summed E-state index contributed by atoms with van der Waals surface area (Å²) in [6, 6.07) is 8.02. The van der Waals surface area contributed by atoms with Crippen molar-refractivity contribution < 1.29 is 14.3 Å². The lowest BCUT2D eigenvalue weighted by molar-refractivity contribution is -0.132. The third-order valence-electron chi connectivity index (χ3n) is 6.42. The number of nitrogens with one attached hydrogen (secondary N) is 2. The quantitative estimate of drug-likeness (QED) is 0.803. The van der Waals surface area contributed by atoms with Gasteiger partial charge < -0.3 is 14.5 Å². The largest absolute Gasteiger partial charge is 0.482 e. The van der Waals surface area contributed by atoms with Gasteiger partial charge >= 0.3 is 0 Å². The van der Waals surface area contributed by atoms with E-state index in [1.165, 1.54) is 6.42 Å². The molecule has 1 aromatic rings. The normalized spacial score (nSPS) is 25.5. The Hall–Kier alpha value is -2.12. The van der Waals surface area contributed by atoms with E-state index < -0.39 is 0 Å². The van der Waals surface area contributed by atoms with Crippen molar-refractivity contribution in [3.05, 3.63) is 24.3 Å². The molecule has 2 fully saturated rings. The van der Waals surface area contributed by atoms with Gasteiger partial charge in [0.1, 0.15) is 5.75 Å². The lowest BCUT2D eigenvalue weighted by atomic mass is 9.82. The number of likely N-dealkylation sites (tertiary alicyclic amines) is 1. The molecule has 0 radical (unpaired) electrons. The first-order valence-corrected chi connectivity index (χ1v) is 10.5. The van der Waals surface area contributed by atoms with Gasteiger partial charge in [-0.05, 0) is 36.8 Å². The second-order valence-corrected chi connectivity index (χ2v) is 7.99. The molecule has 0 aliphatic carbocycles. The highest BCUT2D eigenvalue weighted by atomic mass is 16.5. The van der Waals surface area contributed by atoms with E-state index in [0.29, 0.717) is 36.6 Å². The highest BCUT2D eigenvalue weighted by Gasteiger charge is 2.35. The van der Waals surface area contributed by atoms with Gasteiger partial charge in [-0.15, -0.1) is 0 Å². The van der Waals surface area contributed by atoms with E-state index in [-0.39, 0.29) is 18.4 Å². The molecule has 3 heterocycles. The highest BCUT2D eigenvalue weighted by molar-refractivity contribution is 5.98. The van der Waals surface area contributed by atoms with E-state index in [1.807, 2.05) is 29.2 Å². The molecule has 0 saturated carbocycles. The monoisotopic (exact) mass is 386 g/mol. The van der Waals surface area contributed by atoms with Gasteiger partial charge in [0.25, 0.3) is 5.91 Å². The molecule has 152 valence electrons. The Kier molecular flexibility index (Phi) is 5.82. The minimum atomic E-state index is -0.0874. The van der Waals surface area contributed by atoms with Crippen LogP contribution in [0.3, 0.4) is 0 Å². The fraction of sp³-hybridized carbons (Fsp3) is 0.619. The van der Waals surface area contributed by atoms with Crippen LogP contribution in [0.25, 0.3) is 0 Å². The number of nitrogens with zero attached hydrogens (tertiary/aromatic N) is 2. The molecule has 2 N–H and O–H groups in total. The molecule has 2 atom stereocenters. The van der Waals surface area contributed by atoms with Crippen LogP contribution < -0.4 is 20.5 Å². The number of fused-ring (bicyclic) bond motifs is 1. The van der Waals surface area contributed by atoms with Crippen molar-refractivity contribution in [2.24, 2.45) is 11.8 Å². The number of carbonyl (C=O) groups excluding carboxylic acids is 2. The zero-order valence-electron chi connectivity index (χ0n) is 16.5. The lowest BCUT2D eigenvalue weighted by Gasteiger charge is -2.37. The average molecular weight is 386 g/mol. The van der Waals surface area contributed by atoms with Crippen molar-refractivity contribution in [2.75, 3.05) is 37.7 Å². The second-order valence-electron chi connectivity index (χ2n) is 7.99. The number of amides is 2. The Balaban J connectivity index is 1.29. The van der Waals surface area contributed by atoms with Gasteiger partial charge in [-0.2, -0.15) is 0 Å². The van der Waals surface area contributed by atoms with E-state index in [4.69, 9.17) is 4.74 Å². The highest BCUT2D eigenvalue weighted by Crippen LogP contribution is 2.32. The van der Waals surface area contributed by atoms with Gasteiger partial charge in [-0.1, -0.05) is 25.5 Å². The minimum Gasteiger partial charge on any atom is -0.482 e. The minimum absolute atomic E-state index is 0.0393. The number of hydrogen-bond acceptors (Lipinski definition) is 5. The summed E-state index contributed by atoms with van der Waals surface area (Å²) >= 11 is 0. The number of anilines is 1. The fourth-order valence-electron chi connectivity index (χ4n) is 4.73. The second kappa shape index (κ2) is 8.49. The van der Waals surface area contributed by atoms with Gasteiger partial charge in [-0.25, -0.2) is 0 Å². The van der Waals surface area contributed by atoms with Crippen LogP contribution in [-0.4, -0.2) is 55.5 Å². The molecule has 0 bridgehead atoms. The van der Waals surface area contributed by atoms with Crippen LogP contribution in [0.2, 0.25) is 0 Å². The molecule has 3 aliphatic heterocycles. The summed E-state index contributed by atoms with van der Waals surface area (Å²) in [5, 5.41) is 0. The molecular weight excluding hydrogens is 356 g/mol. The van der Waals surface area contributed by atoms with Crippen LogP contribution in [0.4, 0.5) is 5.69 Å². The Morgan fingerprint density at radius 1 is 1.25 bits per heavy atom. The number of ether oxygens (including phenoxy) is 1. The summed E-state index contributed by atoms with van der Waals surface area (Å²) in [6.07, 6.45) is 3.62. The Labute approximate surface area is 166 Å². The molecule has 2 unspecified atom stereocenters. The summed E-state index contributed by atoms with van der Waals surface area (Å²) in [7, 11) is 0. The molecule has 4 rings (SSSR count). The molecule has 1 aromatic carbocycles. The van der Waals surface area contributed by atoms with Crippen molar-refractivity contribution >= 4 is 17.5 Å². The standard InChI is InChI=1S/C21H30N4O3/c1-2-15-13-22-23-21(15)16-7-10-24(11-8-16)19(26)9-12-25-17-5-3-4-6-18(17)28-14-20(25)27/h3-6,15-16,21-23H,2,7-14H2,1H3. The van der Waals surface area contributed by atoms with Crippen molar-refractivity contribution in [1.82, 2.24) is 15.8 Å². The molecule has 0 spiro atoms. The number of benzene rings is 1. The number of para-hydroxylation sites is 2. The number of carbonyl (C=O) groups is 2. The Morgan fingerprint density at radius 2 is 2.04 bits per heavy atom.